The molecule has 8 heteroatoms. The summed E-state index contributed by atoms with van der Waals surface area (Å²) in [6, 6.07) is 8.45. The van der Waals surface area contributed by atoms with E-state index >= 15 is 0 Å². The minimum Gasteiger partial charge on any atom is -0.465 e. The maximum atomic E-state index is 12.5. The summed E-state index contributed by atoms with van der Waals surface area (Å²) in [5.74, 6) is 0.136. The smallest absolute Gasteiger partial charge is 0.360 e. The Bertz CT molecular complexity index is 1190. The number of nitrogens with zero attached hydrogens (tertiary/aromatic N) is 1. The number of methoxy groups -OCH3 is 1. The second-order valence-electron chi connectivity index (χ2n) is 8.32. The summed E-state index contributed by atoms with van der Waals surface area (Å²) in [5.41, 5.74) is 0.362. The number of benzene rings is 1. The number of nitrogens with one attached hydrogen (secondary N) is 1. The zero-order valence-corrected chi connectivity index (χ0v) is 18.5. The fourth-order valence-electron chi connectivity index (χ4n) is 3.95. The monoisotopic (exact) mass is 438 g/mol. The number of fused-ring (bicyclic) bond motifs is 1. The Balaban J connectivity index is 1.56. The van der Waals surface area contributed by atoms with Crippen LogP contribution in [0.5, 0.6) is 5.75 Å². The first-order chi connectivity index (χ1) is 15.3. The molecule has 0 aliphatic carbocycles. The van der Waals surface area contributed by atoms with Gasteiger partial charge in [0.25, 0.3) is 5.91 Å². The van der Waals surface area contributed by atoms with Gasteiger partial charge in [0.15, 0.2) is 0 Å². The molecule has 0 radical (unpaired) electrons. The minimum absolute atomic E-state index is 0.00151. The van der Waals surface area contributed by atoms with Crippen LogP contribution in [0.15, 0.2) is 51.9 Å². The number of anilines is 1. The van der Waals surface area contributed by atoms with Crippen molar-refractivity contribution < 1.29 is 23.4 Å². The lowest BCUT2D eigenvalue weighted by Crippen LogP contribution is -2.49. The van der Waals surface area contributed by atoms with Gasteiger partial charge in [0, 0.05) is 36.9 Å². The maximum Gasteiger partial charge on any atom is 0.360 e. The first-order valence-electron chi connectivity index (χ1n) is 10.4. The molecule has 168 valence electrons. The lowest BCUT2D eigenvalue weighted by molar-refractivity contribution is -0.233. The molecule has 1 amide bonds. The molecular formula is C24H26N2O6. The lowest BCUT2D eigenvalue weighted by atomic mass is 9.94. The average molecular weight is 438 g/mol. The molecule has 1 saturated heterocycles. The lowest BCUT2D eigenvalue weighted by Gasteiger charge is -2.41. The van der Waals surface area contributed by atoms with Crippen LogP contribution in [-0.2, 0) is 9.47 Å². The third-order valence-electron chi connectivity index (χ3n) is 5.69. The Morgan fingerprint density at radius 1 is 1.25 bits per heavy atom. The van der Waals surface area contributed by atoms with E-state index in [1.807, 2.05) is 26.8 Å². The van der Waals surface area contributed by atoms with Gasteiger partial charge >= 0.3 is 5.63 Å². The summed E-state index contributed by atoms with van der Waals surface area (Å²) in [6.07, 6.45) is 4.06. The molecule has 8 nitrogen and oxygen atoms in total. The summed E-state index contributed by atoms with van der Waals surface area (Å²) < 4.78 is 23.2. The molecule has 1 aliphatic rings. The highest BCUT2D eigenvalue weighted by atomic mass is 16.7. The average Bonchev–Trinajstić information content (AvgIpc) is 2.77. The Morgan fingerprint density at radius 3 is 2.75 bits per heavy atom. The number of aryl methyl sites for hydroxylation is 1. The summed E-state index contributed by atoms with van der Waals surface area (Å²) >= 11 is 0. The van der Waals surface area contributed by atoms with Gasteiger partial charge in [-0.25, -0.2) is 4.79 Å². The van der Waals surface area contributed by atoms with Gasteiger partial charge in [-0.1, -0.05) is 0 Å². The van der Waals surface area contributed by atoms with Crippen molar-refractivity contribution in [2.45, 2.75) is 51.6 Å². The van der Waals surface area contributed by atoms with Crippen LogP contribution in [0.3, 0.4) is 0 Å². The number of carbonyl (C=O) groups is 1. The van der Waals surface area contributed by atoms with Crippen LogP contribution < -0.4 is 15.7 Å². The van der Waals surface area contributed by atoms with E-state index in [-0.39, 0.29) is 11.8 Å². The molecule has 0 bridgehead atoms. The molecule has 1 N–H and O–H groups in total. The van der Waals surface area contributed by atoms with Crippen molar-refractivity contribution in [1.82, 2.24) is 4.98 Å². The maximum absolute atomic E-state index is 12.5. The number of ether oxygens (including phenoxy) is 3. The van der Waals surface area contributed by atoms with E-state index in [0.29, 0.717) is 34.3 Å². The van der Waals surface area contributed by atoms with Crippen LogP contribution in [0.25, 0.3) is 11.0 Å². The third kappa shape index (κ3) is 4.37. The standard InChI is InChI=1S/C24H26N2O6/c1-14-18(30-20-10-9-19(29-4)24(2,3)32-20)8-7-15-12-17(23(28)31-21(14)15)26-22(27)16-6-5-11-25-13-16/h5-8,11-13,19-20H,9-10H2,1-4H3,(H,26,27). The molecule has 2 unspecified atom stereocenters. The molecule has 1 fully saturated rings. The van der Waals surface area contributed by atoms with Crippen LogP contribution in [0.2, 0.25) is 0 Å². The second-order valence-corrected chi connectivity index (χ2v) is 8.32. The normalized spacial score (nSPS) is 20.1. The fourth-order valence-corrected chi connectivity index (χ4v) is 3.95. The first-order valence-corrected chi connectivity index (χ1v) is 10.4. The summed E-state index contributed by atoms with van der Waals surface area (Å²) in [6.45, 7) is 5.77. The predicted molar refractivity (Wildman–Crippen MR) is 119 cm³/mol. The molecule has 4 rings (SSSR count). The van der Waals surface area contributed by atoms with E-state index in [0.717, 1.165) is 6.42 Å². The van der Waals surface area contributed by atoms with Crippen molar-refractivity contribution in [2.24, 2.45) is 0 Å². The van der Waals surface area contributed by atoms with Gasteiger partial charge in [0.05, 0.1) is 17.3 Å². The van der Waals surface area contributed by atoms with Crippen molar-refractivity contribution in [3.8, 4) is 5.75 Å². The quantitative estimate of drug-likeness (QED) is 0.600. The number of carbonyl (C=O) groups excluding carboxylic acids is 1. The molecule has 0 saturated carbocycles. The van der Waals surface area contributed by atoms with Crippen molar-refractivity contribution in [1.29, 1.82) is 0 Å². The van der Waals surface area contributed by atoms with Crippen LogP contribution in [0, 0.1) is 6.92 Å². The zero-order chi connectivity index (χ0) is 22.9. The molecular weight excluding hydrogens is 412 g/mol. The molecule has 0 spiro atoms. The molecule has 3 heterocycles. The number of aromatic nitrogens is 1. The van der Waals surface area contributed by atoms with Crippen LogP contribution >= 0.6 is 0 Å². The Morgan fingerprint density at radius 2 is 2.06 bits per heavy atom. The SMILES string of the molecule is COC1CCC(Oc2ccc3cc(NC(=O)c4cccnc4)c(=O)oc3c2C)OC1(C)C. The minimum atomic E-state index is -0.645. The van der Waals surface area contributed by atoms with Crippen molar-refractivity contribution in [2.75, 3.05) is 12.4 Å². The molecule has 2 aromatic heterocycles. The summed E-state index contributed by atoms with van der Waals surface area (Å²) in [4.78, 5) is 28.8. The molecule has 32 heavy (non-hydrogen) atoms. The van der Waals surface area contributed by atoms with E-state index in [9.17, 15) is 9.59 Å². The highest BCUT2D eigenvalue weighted by Gasteiger charge is 2.39. The van der Waals surface area contributed by atoms with Gasteiger partial charge in [0.1, 0.15) is 17.0 Å². The number of hydrogen-bond acceptors (Lipinski definition) is 7. The van der Waals surface area contributed by atoms with Crippen LogP contribution in [0.4, 0.5) is 5.69 Å². The summed E-state index contributed by atoms with van der Waals surface area (Å²) in [5, 5.41) is 3.26. The molecule has 1 aromatic carbocycles. The Labute approximate surface area is 185 Å². The van der Waals surface area contributed by atoms with Gasteiger partial charge in [-0.2, -0.15) is 0 Å². The molecule has 3 aromatic rings. The van der Waals surface area contributed by atoms with E-state index < -0.39 is 23.4 Å². The predicted octanol–water partition coefficient (Wildman–Crippen LogP) is 4.06. The molecule has 2 atom stereocenters. The third-order valence-corrected chi connectivity index (χ3v) is 5.69. The fraction of sp³-hybridized carbons (Fsp3) is 0.375. The van der Waals surface area contributed by atoms with Crippen molar-refractivity contribution in [3.05, 3.63) is 64.3 Å². The van der Waals surface area contributed by atoms with Gasteiger partial charge in [-0.3, -0.25) is 9.78 Å². The van der Waals surface area contributed by atoms with Gasteiger partial charge < -0.3 is 23.9 Å². The Kier molecular flexibility index (Phi) is 5.99. The van der Waals surface area contributed by atoms with E-state index in [1.54, 1.807) is 37.6 Å². The zero-order valence-electron chi connectivity index (χ0n) is 18.5. The van der Waals surface area contributed by atoms with Crippen molar-refractivity contribution >= 4 is 22.6 Å². The highest BCUT2D eigenvalue weighted by molar-refractivity contribution is 6.04. The first kappa shape index (κ1) is 22.0. The van der Waals surface area contributed by atoms with Gasteiger partial charge in [0.2, 0.25) is 6.29 Å². The van der Waals surface area contributed by atoms with E-state index in [4.69, 9.17) is 18.6 Å². The van der Waals surface area contributed by atoms with E-state index in [1.165, 1.54) is 6.20 Å². The highest BCUT2D eigenvalue weighted by Crippen LogP contribution is 2.34. The number of rotatable bonds is 5. The molecule has 1 aliphatic heterocycles. The van der Waals surface area contributed by atoms with Crippen molar-refractivity contribution in [3.63, 3.8) is 0 Å². The number of hydrogen-bond donors (Lipinski definition) is 1. The van der Waals surface area contributed by atoms with E-state index in [2.05, 4.69) is 10.3 Å². The topological polar surface area (TPSA) is 99.9 Å². The number of amides is 1. The van der Waals surface area contributed by atoms with Gasteiger partial charge in [-0.05, 0) is 57.5 Å². The van der Waals surface area contributed by atoms with Crippen LogP contribution in [0.1, 0.15) is 42.6 Å². The Hall–Kier alpha value is -3.23. The van der Waals surface area contributed by atoms with Gasteiger partial charge in [-0.15, -0.1) is 0 Å². The summed E-state index contributed by atoms with van der Waals surface area (Å²) in [7, 11) is 1.68. The second kappa shape index (κ2) is 8.72. The number of pyridine rings is 1. The van der Waals surface area contributed by atoms with Crippen LogP contribution in [-0.4, -0.2) is 36.0 Å². The largest absolute Gasteiger partial charge is 0.465 e.